The lowest BCUT2D eigenvalue weighted by Gasteiger charge is -2.35. The van der Waals surface area contributed by atoms with Crippen LogP contribution in [0.1, 0.15) is 100 Å². The second-order valence-corrected chi connectivity index (χ2v) is 8.40. The molecule has 0 aromatic heterocycles. The van der Waals surface area contributed by atoms with Gasteiger partial charge in [0.1, 0.15) is 0 Å². The van der Waals surface area contributed by atoms with Crippen LogP contribution in [0.4, 0.5) is 0 Å². The molecule has 0 N–H and O–H groups in total. The Morgan fingerprint density at radius 1 is 1.00 bits per heavy atom. The Labute approximate surface area is 139 Å². The molecule has 2 rings (SSSR count). The van der Waals surface area contributed by atoms with Gasteiger partial charge in [-0.25, -0.2) is 0 Å². The van der Waals surface area contributed by atoms with Crippen molar-refractivity contribution in [1.82, 2.24) is 0 Å². The third kappa shape index (κ3) is 3.38. The van der Waals surface area contributed by atoms with Crippen LogP contribution in [0.2, 0.25) is 0 Å². The molecule has 0 nitrogen and oxygen atoms in total. The van der Waals surface area contributed by atoms with Crippen molar-refractivity contribution < 1.29 is 0 Å². The summed E-state index contributed by atoms with van der Waals surface area (Å²) in [5.41, 5.74) is 5.03. The highest BCUT2D eigenvalue weighted by molar-refractivity contribution is 9.09. The van der Waals surface area contributed by atoms with E-state index in [1.54, 1.807) is 5.56 Å². The first-order chi connectivity index (χ1) is 9.91. The molecular formula is C20H31Br. The summed E-state index contributed by atoms with van der Waals surface area (Å²) in [6.45, 7) is 11.6. The summed E-state index contributed by atoms with van der Waals surface area (Å²) in [6.07, 6.45) is 6.84. The van der Waals surface area contributed by atoms with E-state index in [0.717, 1.165) is 0 Å². The fourth-order valence-electron chi connectivity index (χ4n) is 3.88. The Morgan fingerprint density at radius 3 is 2.10 bits per heavy atom. The van der Waals surface area contributed by atoms with Gasteiger partial charge >= 0.3 is 0 Å². The van der Waals surface area contributed by atoms with Crippen molar-refractivity contribution in [3.8, 4) is 0 Å². The largest absolute Gasteiger partial charge is 0.0833 e. The zero-order valence-corrected chi connectivity index (χ0v) is 16.0. The minimum absolute atomic E-state index is 0.475. The highest BCUT2D eigenvalue weighted by Gasteiger charge is 2.40. The minimum Gasteiger partial charge on any atom is -0.0833 e. The Bertz CT molecular complexity index is 467. The zero-order chi connectivity index (χ0) is 15.6. The second kappa shape index (κ2) is 6.86. The average Bonchev–Trinajstić information content (AvgIpc) is 2.95. The molecule has 1 fully saturated rings. The van der Waals surface area contributed by atoms with Crippen molar-refractivity contribution in [3.63, 3.8) is 0 Å². The molecule has 1 aromatic carbocycles. The molecule has 1 atom stereocenters. The summed E-state index contributed by atoms with van der Waals surface area (Å²) in [5.74, 6) is 1.20. The van der Waals surface area contributed by atoms with E-state index in [4.69, 9.17) is 0 Å². The number of hydrogen-bond acceptors (Lipinski definition) is 0. The molecule has 0 bridgehead atoms. The summed E-state index contributed by atoms with van der Waals surface area (Å²) in [6, 6.07) is 7.20. The third-order valence-electron chi connectivity index (χ3n) is 5.51. The molecule has 1 heteroatoms. The number of rotatable bonds is 5. The molecular weight excluding hydrogens is 320 g/mol. The number of benzene rings is 1. The van der Waals surface area contributed by atoms with Crippen molar-refractivity contribution in [2.75, 3.05) is 0 Å². The summed E-state index contributed by atoms with van der Waals surface area (Å²) < 4.78 is 0. The molecule has 1 unspecified atom stereocenters. The van der Waals surface area contributed by atoms with Crippen molar-refractivity contribution in [2.45, 2.75) is 83.4 Å². The SMILES string of the molecule is CCC1(C(Br)c2ccc(C(C)C)cc2C(C)C)CCCC1. The fourth-order valence-corrected chi connectivity index (χ4v) is 5.08. The van der Waals surface area contributed by atoms with Gasteiger partial charge in [0.25, 0.3) is 0 Å². The molecule has 0 saturated heterocycles. The van der Waals surface area contributed by atoms with Crippen LogP contribution in [0.25, 0.3) is 0 Å². The number of hydrogen-bond donors (Lipinski definition) is 0. The highest BCUT2D eigenvalue weighted by Crippen LogP contribution is 2.55. The van der Waals surface area contributed by atoms with Crippen LogP contribution in [0, 0.1) is 5.41 Å². The number of alkyl halides is 1. The molecule has 21 heavy (non-hydrogen) atoms. The van der Waals surface area contributed by atoms with Gasteiger partial charge < -0.3 is 0 Å². The van der Waals surface area contributed by atoms with Gasteiger partial charge in [0.05, 0.1) is 0 Å². The molecule has 1 aromatic rings. The summed E-state index contributed by atoms with van der Waals surface area (Å²) in [7, 11) is 0. The number of halogens is 1. The average molecular weight is 351 g/mol. The molecule has 1 saturated carbocycles. The van der Waals surface area contributed by atoms with E-state index >= 15 is 0 Å². The van der Waals surface area contributed by atoms with E-state index < -0.39 is 0 Å². The van der Waals surface area contributed by atoms with E-state index in [2.05, 4.69) is 68.7 Å². The maximum atomic E-state index is 4.11. The van der Waals surface area contributed by atoms with Gasteiger partial charge in [-0.1, -0.05) is 81.6 Å². The van der Waals surface area contributed by atoms with Crippen LogP contribution in [0.3, 0.4) is 0 Å². The molecule has 118 valence electrons. The van der Waals surface area contributed by atoms with Crippen molar-refractivity contribution in [3.05, 3.63) is 34.9 Å². The van der Waals surface area contributed by atoms with E-state index in [-0.39, 0.29) is 0 Å². The monoisotopic (exact) mass is 350 g/mol. The normalized spacial score (nSPS) is 19.4. The van der Waals surface area contributed by atoms with Crippen LogP contribution in [0.5, 0.6) is 0 Å². The van der Waals surface area contributed by atoms with E-state index in [1.165, 1.54) is 43.2 Å². The lowest BCUT2D eigenvalue weighted by Crippen LogP contribution is -2.22. The molecule has 0 aliphatic heterocycles. The van der Waals surface area contributed by atoms with Crippen molar-refractivity contribution in [1.29, 1.82) is 0 Å². The minimum atomic E-state index is 0.475. The van der Waals surface area contributed by atoms with Crippen LogP contribution in [-0.2, 0) is 0 Å². The molecule has 0 amide bonds. The van der Waals surface area contributed by atoms with Gasteiger partial charge in [-0.2, -0.15) is 0 Å². The predicted octanol–water partition coefficient (Wildman–Crippen LogP) is 7.34. The van der Waals surface area contributed by atoms with Crippen LogP contribution in [-0.4, -0.2) is 0 Å². The first-order valence-corrected chi connectivity index (χ1v) is 9.60. The molecule has 0 radical (unpaired) electrons. The highest BCUT2D eigenvalue weighted by atomic mass is 79.9. The first-order valence-electron chi connectivity index (χ1n) is 8.69. The Hall–Kier alpha value is -0.300. The lowest BCUT2D eigenvalue weighted by atomic mass is 9.75. The zero-order valence-electron chi connectivity index (χ0n) is 14.4. The van der Waals surface area contributed by atoms with Gasteiger partial charge in [0.2, 0.25) is 0 Å². The van der Waals surface area contributed by atoms with Crippen LogP contribution < -0.4 is 0 Å². The summed E-state index contributed by atoms with van der Waals surface area (Å²) in [4.78, 5) is 0.510. The Balaban J connectivity index is 2.42. The third-order valence-corrected chi connectivity index (χ3v) is 6.98. The molecule has 0 spiro atoms. The topological polar surface area (TPSA) is 0 Å². The van der Waals surface area contributed by atoms with Gasteiger partial charge in [-0.3, -0.25) is 0 Å². The molecule has 1 aliphatic rings. The fraction of sp³-hybridized carbons (Fsp3) is 0.700. The van der Waals surface area contributed by atoms with Crippen molar-refractivity contribution in [2.24, 2.45) is 5.41 Å². The second-order valence-electron chi connectivity index (χ2n) is 7.48. The van der Waals surface area contributed by atoms with Gasteiger partial charge in [0, 0.05) is 4.83 Å². The van der Waals surface area contributed by atoms with Gasteiger partial charge in [-0.05, 0) is 53.2 Å². The van der Waals surface area contributed by atoms with E-state index in [1.807, 2.05) is 0 Å². The van der Waals surface area contributed by atoms with Crippen LogP contribution >= 0.6 is 15.9 Å². The molecule has 1 aliphatic carbocycles. The van der Waals surface area contributed by atoms with E-state index in [0.29, 0.717) is 22.1 Å². The smallest absolute Gasteiger partial charge is 0.0454 e. The van der Waals surface area contributed by atoms with Gasteiger partial charge in [-0.15, -0.1) is 0 Å². The summed E-state index contributed by atoms with van der Waals surface area (Å²) in [5, 5.41) is 0. The van der Waals surface area contributed by atoms with Crippen molar-refractivity contribution >= 4 is 15.9 Å². The standard InChI is InChI=1S/C20H31Br/c1-6-20(11-7-8-12-20)19(21)17-10-9-16(14(2)3)13-18(17)15(4)5/h9-10,13-15,19H,6-8,11-12H2,1-5H3. The first kappa shape index (κ1) is 17.1. The lowest BCUT2D eigenvalue weighted by molar-refractivity contribution is 0.278. The van der Waals surface area contributed by atoms with E-state index in [9.17, 15) is 0 Å². The summed E-state index contributed by atoms with van der Waals surface area (Å²) >= 11 is 4.11. The maximum absolute atomic E-state index is 4.11. The van der Waals surface area contributed by atoms with Gasteiger partial charge in [0.15, 0.2) is 0 Å². The maximum Gasteiger partial charge on any atom is 0.0454 e. The van der Waals surface area contributed by atoms with Crippen LogP contribution in [0.15, 0.2) is 18.2 Å². The Kier molecular flexibility index (Phi) is 5.57. The quantitative estimate of drug-likeness (QED) is 0.487. The predicted molar refractivity (Wildman–Crippen MR) is 97.5 cm³/mol. The Morgan fingerprint density at radius 2 is 1.62 bits per heavy atom. The molecule has 0 heterocycles.